The zero-order chi connectivity index (χ0) is 11.4. The van der Waals surface area contributed by atoms with Gasteiger partial charge in [-0.15, -0.1) is 5.10 Å². The Morgan fingerprint density at radius 1 is 1.44 bits per heavy atom. The number of rotatable bonds is 2. The number of aromatic nitrogens is 2. The van der Waals surface area contributed by atoms with Gasteiger partial charge in [-0.1, -0.05) is 12.1 Å². The molecule has 2 rings (SSSR count). The molecule has 0 bridgehead atoms. The zero-order valence-electron chi connectivity index (χ0n) is 8.18. The second kappa shape index (κ2) is 4.28. The molecule has 1 N–H and O–H groups in total. The Morgan fingerprint density at radius 3 is 3.00 bits per heavy atom. The van der Waals surface area contributed by atoms with E-state index < -0.39 is 5.76 Å². The Balaban J connectivity index is 2.24. The lowest BCUT2D eigenvalue weighted by Crippen LogP contribution is -1.93. The first kappa shape index (κ1) is 9.93. The highest BCUT2D eigenvalue weighted by atomic mass is 16.4. The van der Waals surface area contributed by atoms with Crippen molar-refractivity contribution in [2.24, 2.45) is 0 Å². The molecule has 0 aliphatic rings. The van der Waals surface area contributed by atoms with Gasteiger partial charge in [-0.25, -0.2) is 9.89 Å². The summed E-state index contributed by atoms with van der Waals surface area (Å²) in [5.41, 5.74) is 1.41. The molecule has 5 nitrogen and oxygen atoms in total. The highest BCUT2D eigenvalue weighted by Crippen LogP contribution is 2.07. The van der Waals surface area contributed by atoms with Gasteiger partial charge in [0.25, 0.3) is 0 Å². The molecule has 1 aromatic heterocycles. The van der Waals surface area contributed by atoms with Gasteiger partial charge in [0.2, 0.25) is 5.89 Å². The SMILES string of the molecule is N#Cc1cccc(/C=C/c2n[nH]c(=O)o2)c1. The van der Waals surface area contributed by atoms with Crippen LogP contribution in [0.25, 0.3) is 12.2 Å². The number of nitrogens with zero attached hydrogens (tertiary/aromatic N) is 2. The average Bonchev–Trinajstić information content (AvgIpc) is 2.73. The molecule has 0 aliphatic heterocycles. The molecule has 0 aliphatic carbocycles. The largest absolute Gasteiger partial charge is 0.434 e. The van der Waals surface area contributed by atoms with Gasteiger partial charge in [-0.3, -0.25) is 0 Å². The molecule has 2 aromatic rings. The number of nitriles is 1. The fourth-order valence-corrected chi connectivity index (χ4v) is 1.19. The van der Waals surface area contributed by atoms with Crippen LogP contribution in [0.4, 0.5) is 0 Å². The fraction of sp³-hybridized carbons (Fsp3) is 0. The molecule has 0 amide bonds. The van der Waals surface area contributed by atoms with E-state index in [2.05, 4.69) is 14.6 Å². The molecule has 1 aromatic carbocycles. The summed E-state index contributed by atoms with van der Waals surface area (Å²) in [6, 6.07) is 9.09. The molecule has 5 heteroatoms. The molecular weight excluding hydrogens is 206 g/mol. The molecule has 0 spiro atoms. The van der Waals surface area contributed by atoms with E-state index in [1.807, 2.05) is 12.1 Å². The van der Waals surface area contributed by atoms with Gasteiger partial charge in [0.15, 0.2) is 0 Å². The van der Waals surface area contributed by atoms with Gasteiger partial charge < -0.3 is 4.42 Å². The summed E-state index contributed by atoms with van der Waals surface area (Å²) < 4.78 is 4.69. The first-order valence-corrected chi connectivity index (χ1v) is 4.52. The van der Waals surface area contributed by atoms with Crippen LogP contribution in [0, 0.1) is 11.3 Å². The van der Waals surface area contributed by atoms with Gasteiger partial charge in [0, 0.05) is 6.08 Å². The van der Waals surface area contributed by atoms with Crippen molar-refractivity contribution in [1.82, 2.24) is 10.2 Å². The second-order valence-corrected chi connectivity index (χ2v) is 3.02. The molecule has 1 heterocycles. The lowest BCUT2D eigenvalue weighted by Gasteiger charge is -1.92. The topological polar surface area (TPSA) is 82.7 Å². The minimum Gasteiger partial charge on any atom is -0.388 e. The van der Waals surface area contributed by atoms with E-state index in [4.69, 9.17) is 5.26 Å². The number of aromatic amines is 1. The van der Waals surface area contributed by atoms with Crippen molar-refractivity contribution < 1.29 is 4.42 Å². The summed E-state index contributed by atoms with van der Waals surface area (Å²) in [5.74, 6) is -0.391. The van der Waals surface area contributed by atoms with Crippen LogP contribution >= 0.6 is 0 Å². The van der Waals surface area contributed by atoms with Crippen molar-refractivity contribution in [2.45, 2.75) is 0 Å². The van der Waals surface area contributed by atoms with Gasteiger partial charge in [0.1, 0.15) is 0 Å². The molecule has 0 atom stereocenters. The minimum atomic E-state index is -0.592. The maximum Gasteiger partial charge on any atom is 0.434 e. The molecular formula is C11H7N3O2. The standard InChI is InChI=1S/C11H7N3O2/c12-7-9-3-1-2-8(6-9)4-5-10-13-14-11(15)16-10/h1-6H,(H,14,15)/b5-4+. The van der Waals surface area contributed by atoms with Crippen molar-refractivity contribution >= 4 is 12.2 Å². The highest BCUT2D eigenvalue weighted by Gasteiger charge is 1.95. The number of benzene rings is 1. The second-order valence-electron chi connectivity index (χ2n) is 3.02. The Hall–Kier alpha value is -2.61. The van der Waals surface area contributed by atoms with Gasteiger partial charge in [0.05, 0.1) is 11.6 Å². The monoisotopic (exact) mass is 213 g/mol. The summed E-state index contributed by atoms with van der Waals surface area (Å²) in [6.45, 7) is 0. The maximum atomic E-state index is 10.6. The first-order chi connectivity index (χ1) is 7.78. The maximum absolute atomic E-state index is 10.6. The summed E-state index contributed by atoms with van der Waals surface area (Å²) >= 11 is 0. The van der Waals surface area contributed by atoms with Crippen molar-refractivity contribution in [3.63, 3.8) is 0 Å². The molecule has 0 fully saturated rings. The van der Waals surface area contributed by atoms with E-state index >= 15 is 0 Å². The van der Waals surface area contributed by atoms with Gasteiger partial charge in [-0.2, -0.15) is 5.26 Å². The normalized spacial score (nSPS) is 10.4. The van der Waals surface area contributed by atoms with E-state index in [0.29, 0.717) is 5.56 Å². The summed E-state index contributed by atoms with van der Waals surface area (Å²) in [6.07, 6.45) is 3.26. The van der Waals surface area contributed by atoms with E-state index in [-0.39, 0.29) is 5.89 Å². The molecule has 0 unspecified atom stereocenters. The van der Waals surface area contributed by atoms with Crippen molar-refractivity contribution in [3.05, 3.63) is 51.8 Å². The van der Waals surface area contributed by atoms with E-state index in [9.17, 15) is 4.79 Å². The number of H-pyrrole nitrogens is 1. The quantitative estimate of drug-likeness (QED) is 0.817. The molecule has 0 saturated carbocycles. The van der Waals surface area contributed by atoms with Crippen LogP contribution in [-0.4, -0.2) is 10.2 Å². The summed E-state index contributed by atoms with van der Waals surface area (Å²) in [4.78, 5) is 10.6. The zero-order valence-corrected chi connectivity index (χ0v) is 8.18. The van der Waals surface area contributed by atoms with Gasteiger partial charge >= 0.3 is 5.76 Å². The third-order valence-corrected chi connectivity index (χ3v) is 1.89. The smallest absolute Gasteiger partial charge is 0.388 e. The van der Waals surface area contributed by atoms with Crippen molar-refractivity contribution in [2.75, 3.05) is 0 Å². The number of hydrogen-bond donors (Lipinski definition) is 1. The Labute approximate surface area is 90.6 Å². The van der Waals surface area contributed by atoms with Crippen molar-refractivity contribution in [1.29, 1.82) is 5.26 Å². The van der Waals surface area contributed by atoms with Crippen LogP contribution < -0.4 is 5.76 Å². The van der Waals surface area contributed by atoms with E-state index in [1.165, 1.54) is 0 Å². The summed E-state index contributed by atoms with van der Waals surface area (Å²) in [7, 11) is 0. The van der Waals surface area contributed by atoms with Crippen LogP contribution in [0.15, 0.2) is 33.5 Å². The lowest BCUT2D eigenvalue weighted by atomic mass is 10.1. The molecule has 0 saturated heterocycles. The van der Waals surface area contributed by atoms with Crippen LogP contribution in [-0.2, 0) is 0 Å². The van der Waals surface area contributed by atoms with Crippen LogP contribution in [0.1, 0.15) is 17.0 Å². The highest BCUT2D eigenvalue weighted by molar-refractivity contribution is 5.66. The van der Waals surface area contributed by atoms with Crippen LogP contribution in [0.2, 0.25) is 0 Å². The number of hydrogen-bond acceptors (Lipinski definition) is 4. The van der Waals surface area contributed by atoms with Crippen LogP contribution in [0.5, 0.6) is 0 Å². The Kier molecular flexibility index (Phi) is 2.65. The number of nitrogens with one attached hydrogen (secondary N) is 1. The van der Waals surface area contributed by atoms with Crippen molar-refractivity contribution in [3.8, 4) is 6.07 Å². The minimum absolute atomic E-state index is 0.201. The first-order valence-electron chi connectivity index (χ1n) is 4.52. The predicted molar refractivity (Wildman–Crippen MR) is 57.2 cm³/mol. The Bertz CT molecular complexity index is 616. The molecule has 78 valence electrons. The van der Waals surface area contributed by atoms with Crippen LogP contribution in [0.3, 0.4) is 0 Å². The predicted octanol–water partition coefficient (Wildman–Crippen LogP) is 1.40. The average molecular weight is 213 g/mol. The molecule has 0 radical (unpaired) electrons. The van der Waals surface area contributed by atoms with Gasteiger partial charge in [-0.05, 0) is 23.8 Å². The van der Waals surface area contributed by atoms with E-state index in [0.717, 1.165) is 5.56 Å². The third-order valence-electron chi connectivity index (χ3n) is 1.89. The fourth-order valence-electron chi connectivity index (χ4n) is 1.19. The third kappa shape index (κ3) is 2.25. The lowest BCUT2D eigenvalue weighted by molar-refractivity contribution is 0.504. The Morgan fingerprint density at radius 2 is 2.31 bits per heavy atom. The van der Waals surface area contributed by atoms with E-state index in [1.54, 1.807) is 30.4 Å². The molecule has 16 heavy (non-hydrogen) atoms. The summed E-state index contributed by atoms with van der Waals surface area (Å²) in [5, 5.41) is 14.5.